The Morgan fingerprint density at radius 3 is 2.48 bits per heavy atom. The van der Waals surface area contributed by atoms with Gasteiger partial charge in [0.05, 0.1) is 6.33 Å². The maximum absolute atomic E-state index is 12.7. The lowest BCUT2D eigenvalue weighted by molar-refractivity contribution is -0.144. The fourth-order valence-corrected chi connectivity index (χ4v) is 1.67. The van der Waals surface area contributed by atoms with Crippen LogP contribution in [0.1, 0.15) is 12.7 Å². The van der Waals surface area contributed by atoms with Crippen LogP contribution in [0.3, 0.4) is 0 Å². The molecular formula is C12H15F3N6. The molecule has 0 aromatic carbocycles. The lowest BCUT2D eigenvalue weighted by Gasteiger charge is -2.12. The molecule has 114 valence electrons. The Kier molecular flexibility index (Phi) is 4.61. The average molecular weight is 300 g/mol. The van der Waals surface area contributed by atoms with Gasteiger partial charge in [-0.3, -0.25) is 0 Å². The molecule has 0 aliphatic heterocycles. The van der Waals surface area contributed by atoms with Crippen LogP contribution >= 0.6 is 0 Å². The van der Waals surface area contributed by atoms with Crippen molar-refractivity contribution in [3.8, 4) is 0 Å². The zero-order chi connectivity index (χ0) is 15.3. The number of alkyl halides is 3. The Morgan fingerprint density at radius 1 is 1.19 bits per heavy atom. The molecule has 2 aromatic rings. The average Bonchev–Trinajstić information content (AvgIpc) is 2.91. The number of hydrogen-bond acceptors (Lipinski definition) is 5. The van der Waals surface area contributed by atoms with Crippen LogP contribution in [-0.4, -0.2) is 32.6 Å². The van der Waals surface area contributed by atoms with Gasteiger partial charge in [0.25, 0.3) is 0 Å². The molecule has 6 nitrogen and oxygen atoms in total. The molecule has 0 saturated carbocycles. The van der Waals surface area contributed by atoms with E-state index in [1.807, 2.05) is 4.57 Å². The zero-order valence-electron chi connectivity index (χ0n) is 11.4. The summed E-state index contributed by atoms with van der Waals surface area (Å²) in [6, 6.07) is 1.45. The third-order valence-corrected chi connectivity index (χ3v) is 2.57. The molecular weight excluding hydrogens is 285 g/mol. The summed E-state index contributed by atoms with van der Waals surface area (Å²) >= 11 is 0. The van der Waals surface area contributed by atoms with Gasteiger partial charge in [-0.05, 0) is 6.92 Å². The molecule has 0 saturated heterocycles. The zero-order valence-corrected chi connectivity index (χ0v) is 11.4. The van der Waals surface area contributed by atoms with Crippen molar-refractivity contribution in [3.05, 3.63) is 30.6 Å². The highest BCUT2D eigenvalue weighted by Crippen LogP contribution is 2.28. The normalized spacial score (nSPS) is 11.4. The van der Waals surface area contributed by atoms with Gasteiger partial charge in [-0.2, -0.15) is 13.2 Å². The van der Waals surface area contributed by atoms with Crippen molar-refractivity contribution in [2.24, 2.45) is 0 Å². The molecule has 0 aliphatic carbocycles. The Balaban J connectivity index is 2.08. The number of rotatable bonds is 6. The number of anilines is 2. The molecule has 9 heteroatoms. The van der Waals surface area contributed by atoms with Crippen molar-refractivity contribution in [1.29, 1.82) is 0 Å². The number of halogens is 3. The molecule has 0 amide bonds. The molecule has 2 rings (SSSR count). The van der Waals surface area contributed by atoms with Gasteiger partial charge in [-0.15, -0.1) is 0 Å². The molecule has 0 spiro atoms. The van der Waals surface area contributed by atoms with E-state index in [4.69, 9.17) is 0 Å². The van der Waals surface area contributed by atoms with Crippen LogP contribution in [0.4, 0.5) is 24.8 Å². The molecule has 0 unspecified atom stereocenters. The minimum Gasteiger partial charge on any atom is -0.370 e. The third kappa shape index (κ3) is 4.33. The van der Waals surface area contributed by atoms with Crippen molar-refractivity contribution in [1.82, 2.24) is 19.5 Å². The van der Waals surface area contributed by atoms with E-state index < -0.39 is 12.0 Å². The summed E-state index contributed by atoms with van der Waals surface area (Å²) in [5, 5.41) is 5.61. The van der Waals surface area contributed by atoms with Gasteiger partial charge in [0.1, 0.15) is 11.6 Å². The molecule has 0 radical (unpaired) electrons. The van der Waals surface area contributed by atoms with Gasteiger partial charge in [0.15, 0.2) is 0 Å². The summed E-state index contributed by atoms with van der Waals surface area (Å²) in [5.41, 5.74) is 0. The first-order chi connectivity index (χ1) is 9.99. The predicted molar refractivity (Wildman–Crippen MR) is 71.9 cm³/mol. The molecule has 2 heterocycles. The maximum Gasteiger partial charge on any atom is 0.451 e. The fraction of sp³-hybridized carbons (Fsp3) is 0.417. The van der Waals surface area contributed by atoms with Crippen LogP contribution in [-0.2, 0) is 12.7 Å². The van der Waals surface area contributed by atoms with Crippen molar-refractivity contribution in [3.63, 3.8) is 0 Å². The van der Waals surface area contributed by atoms with Crippen molar-refractivity contribution >= 4 is 11.6 Å². The quantitative estimate of drug-likeness (QED) is 0.856. The van der Waals surface area contributed by atoms with E-state index in [-0.39, 0.29) is 11.6 Å². The van der Waals surface area contributed by atoms with Crippen LogP contribution in [0.15, 0.2) is 24.8 Å². The lowest BCUT2D eigenvalue weighted by Crippen LogP contribution is -2.16. The van der Waals surface area contributed by atoms with E-state index in [1.54, 1.807) is 25.6 Å². The highest BCUT2D eigenvalue weighted by molar-refractivity contribution is 5.47. The second-order valence-electron chi connectivity index (χ2n) is 4.22. The van der Waals surface area contributed by atoms with E-state index >= 15 is 0 Å². The molecule has 0 aliphatic rings. The number of aromatic nitrogens is 4. The van der Waals surface area contributed by atoms with Gasteiger partial charge in [0.2, 0.25) is 5.82 Å². The standard InChI is InChI=1S/C12H15F3N6/c1-2-17-9-7-10(20-11(19-9)12(13,14)15)18-4-6-21-5-3-16-8-21/h3,5,7-8H,2,4,6H2,1H3,(H2,17,18,19,20). The van der Waals surface area contributed by atoms with Crippen LogP contribution < -0.4 is 10.6 Å². The second-order valence-corrected chi connectivity index (χ2v) is 4.22. The summed E-state index contributed by atoms with van der Waals surface area (Å²) < 4.78 is 40.0. The maximum atomic E-state index is 12.7. The van der Waals surface area contributed by atoms with Crippen molar-refractivity contribution in [2.75, 3.05) is 23.7 Å². The second kappa shape index (κ2) is 6.42. The minimum absolute atomic E-state index is 0.133. The van der Waals surface area contributed by atoms with E-state index in [1.165, 1.54) is 6.07 Å². The molecule has 0 fully saturated rings. The van der Waals surface area contributed by atoms with Crippen molar-refractivity contribution < 1.29 is 13.2 Å². The third-order valence-electron chi connectivity index (χ3n) is 2.57. The van der Waals surface area contributed by atoms with E-state index in [0.29, 0.717) is 19.6 Å². The van der Waals surface area contributed by atoms with Gasteiger partial charge in [-0.1, -0.05) is 0 Å². The summed E-state index contributed by atoms with van der Waals surface area (Å²) in [4.78, 5) is 10.8. The number of nitrogens with one attached hydrogen (secondary N) is 2. The highest BCUT2D eigenvalue weighted by atomic mass is 19.4. The molecule has 2 aromatic heterocycles. The van der Waals surface area contributed by atoms with Gasteiger partial charge < -0.3 is 15.2 Å². The first-order valence-corrected chi connectivity index (χ1v) is 6.39. The minimum atomic E-state index is -4.58. The summed E-state index contributed by atoms with van der Waals surface area (Å²) in [6.07, 6.45) is 0.460. The summed E-state index contributed by atoms with van der Waals surface area (Å²) in [5.74, 6) is -0.885. The Bertz CT molecular complexity index is 567. The van der Waals surface area contributed by atoms with E-state index in [0.717, 1.165) is 0 Å². The van der Waals surface area contributed by atoms with Crippen LogP contribution in [0.2, 0.25) is 0 Å². The SMILES string of the molecule is CCNc1cc(NCCn2ccnc2)nc(C(F)(F)F)n1. The largest absolute Gasteiger partial charge is 0.451 e. The van der Waals surface area contributed by atoms with Gasteiger partial charge in [0, 0.05) is 38.1 Å². The number of nitrogens with zero attached hydrogens (tertiary/aromatic N) is 4. The van der Waals surface area contributed by atoms with E-state index in [9.17, 15) is 13.2 Å². The summed E-state index contributed by atoms with van der Waals surface area (Å²) in [7, 11) is 0. The van der Waals surface area contributed by atoms with Crippen LogP contribution in [0.25, 0.3) is 0 Å². The fourth-order valence-electron chi connectivity index (χ4n) is 1.67. The smallest absolute Gasteiger partial charge is 0.370 e. The Hall–Kier alpha value is -2.32. The van der Waals surface area contributed by atoms with Gasteiger partial charge >= 0.3 is 6.18 Å². The monoisotopic (exact) mass is 300 g/mol. The lowest BCUT2D eigenvalue weighted by atomic mass is 10.4. The molecule has 2 N–H and O–H groups in total. The Labute approximate surface area is 119 Å². The van der Waals surface area contributed by atoms with Crippen LogP contribution in [0.5, 0.6) is 0 Å². The Morgan fingerprint density at radius 2 is 1.90 bits per heavy atom. The first-order valence-electron chi connectivity index (χ1n) is 6.39. The van der Waals surface area contributed by atoms with Crippen LogP contribution in [0, 0.1) is 0 Å². The first kappa shape index (κ1) is 15.1. The van der Waals surface area contributed by atoms with Crippen molar-refractivity contribution in [2.45, 2.75) is 19.6 Å². The topological polar surface area (TPSA) is 67.7 Å². The molecule has 21 heavy (non-hydrogen) atoms. The highest BCUT2D eigenvalue weighted by Gasteiger charge is 2.35. The van der Waals surface area contributed by atoms with Gasteiger partial charge in [-0.25, -0.2) is 15.0 Å². The van der Waals surface area contributed by atoms with E-state index in [2.05, 4.69) is 25.6 Å². The predicted octanol–water partition coefficient (Wildman–Crippen LogP) is 2.24. The number of hydrogen-bond donors (Lipinski definition) is 2. The molecule has 0 bridgehead atoms. The number of imidazole rings is 1. The summed E-state index contributed by atoms with van der Waals surface area (Å²) in [6.45, 7) is 3.25. The molecule has 0 atom stereocenters.